The van der Waals surface area contributed by atoms with E-state index < -0.39 is 75.4 Å². The molecule has 0 amide bonds. The van der Waals surface area contributed by atoms with Gasteiger partial charge < -0.3 is 50.0 Å². The van der Waals surface area contributed by atoms with Gasteiger partial charge in [-0.2, -0.15) is 0 Å². The van der Waals surface area contributed by atoms with Crippen molar-refractivity contribution in [1.82, 2.24) is 0 Å². The average Bonchev–Trinajstić information content (AvgIpc) is 2.58. The molecule has 7 N–H and O–H groups in total. The van der Waals surface area contributed by atoms with E-state index in [9.17, 15) is 30.6 Å². The van der Waals surface area contributed by atoms with Crippen LogP contribution < -0.4 is 0 Å². The summed E-state index contributed by atoms with van der Waals surface area (Å²) in [7, 11) is 0. The molecule has 0 bridgehead atoms. The minimum absolute atomic E-state index is 0.450. The number of hydrogen-bond acceptors (Lipinski definition) is 10. The third-order valence-electron chi connectivity index (χ3n) is 3.65. The highest BCUT2D eigenvalue weighted by Crippen LogP contribution is 2.16. The Morgan fingerprint density at radius 1 is 0.600 bits per heavy atom. The summed E-state index contributed by atoms with van der Waals surface area (Å²) in [5.41, 5.74) is 0. The summed E-state index contributed by atoms with van der Waals surface area (Å²) in [5.74, 6) is 0. The minimum Gasteiger partial charge on any atom is -0.394 e. The summed E-state index contributed by atoms with van der Waals surface area (Å²) in [5, 5.41) is 65.8. The standard InChI is InChI=1S/C15H32O10/c1-8(20)12(5-17)23-10(3)14(7-19)25-15(11(22)4-16)24-13(6-18)9(2)21/h8-22H,4-7H2,1-3H3/t8?,9?,10?,11-,12?,13?,14-,15?/m0/s1. The highest BCUT2D eigenvalue weighted by atomic mass is 16.7. The van der Waals surface area contributed by atoms with Gasteiger partial charge in [-0.05, 0) is 20.8 Å². The molecule has 0 rings (SSSR count). The Labute approximate surface area is 147 Å². The summed E-state index contributed by atoms with van der Waals surface area (Å²) in [6.45, 7) is 2.05. The van der Waals surface area contributed by atoms with Crippen molar-refractivity contribution in [3.63, 3.8) is 0 Å². The molecule has 25 heavy (non-hydrogen) atoms. The van der Waals surface area contributed by atoms with Gasteiger partial charge in [-0.25, -0.2) is 0 Å². The molecule has 0 saturated carbocycles. The van der Waals surface area contributed by atoms with Gasteiger partial charge in [-0.15, -0.1) is 0 Å². The maximum absolute atomic E-state index is 9.82. The first-order chi connectivity index (χ1) is 11.7. The Kier molecular flexibility index (Phi) is 12.7. The van der Waals surface area contributed by atoms with Crippen molar-refractivity contribution in [2.45, 2.75) is 69.8 Å². The second-order valence-corrected chi connectivity index (χ2v) is 5.88. The van der Waals surface area contributed by atoms with Crippen LogP contribution in [0.25, 0.3) is 0 Å². The maximum Gasteiger partial charge on any atom is 0.186 e. The topological polar surface area (TPSA) is 169 Å². The molecule has 0 aromatic carbocycles. The first-order valence-corrected chi connectivity index (χ1v) is 8.15. The minimum atomic E-state index is -1.50. The Morgan fingerprint density at radius 3 is 1.36 bits per heavy atom. The fourth-order valence-electron chi connectivity index (χ4n) is 1.93. The SMILES string of the molecule is CC(O)C(CO)OC(C)[C@H](CO)OC(OC(CO)C(C)O)[C@@H](O)CO. The fraction of sp³-hybridized carbons (Fsp3) is 1.00. The molecule has 0 aromatic heterocycles. The van der Waals surface area contributed by atoms with E-state index in [0.29, 0.717) is 0 Å². The van der Waals surface area contributed by atoms with E-state index in [-0.39, 0.29) is 0 Å². The van der Waals surface area contributed by atoms with E-state index in [2.05, 4.69) is 0 Å². The van der Waals surface area contributed by atoms with Crippen molar-refractivity contribution in [2.75, 3.05) is 26.4 Å². The summed E-state index contributed by atoms with van der Waals surface area (Å²) >= 11 is 0. The molecule has 152 valence electrons. The van der Waals surface area contributed by atoms with Crippen molar-refractivity contribution in [3.05, 3.63) is 0 Å². The zero-order valence-corrected chi connectivity index (χ0v) is 14.8. The van der Waals surface area contributed by atoms with Gasteiger partial charge in [0.1, 0.15) is 24.4 Å². The zero-order valence-electron chi connectivity index (χ0n) is 14.8. The molecular weight excluding hydrogens is 340 g/mol. The van der Waals surface area contributed by atoms with Gasteiger partial charge in [-0.1, -0.05) is 0 Å². The highest BCUT2D eigenvalue weighted by Gasteiger charge is 2.32. The molecule has 0 fully saturated rings. The molecule has 0 radical (unpaired) electrons. The van der Waals surface area contributed by atoms with E-state index in [1.54, 1.807) is 0 Å². The highest BCUT2D eigenvalue weighted by molar-refractivity contribution is 4.74. The average molecular weight is 372 g/mol. The van der Waals surface area contributed by atoms with Gasteiger partial charge in [0.05, 0.1) is 44.7 Å². The fourth-order valence-corrected chi connectivity index (χ4v) is 1.93. The lowest BCUT2D eigenvalue weighted by Crippen LogP contribution is -2.48. The Balaban J connectivity index is 5.01. The molecule has 0 aliphatic heterocycles. The lowest BCUT2D eigenvalue weighted by atomic mass is 10.2. The van der Waals surface area contributed by atoms with Crippen LogP contribution in [-0.2, 0) is 14.2 Å². The van der Waals surface area contributed by atoms with Crippen molar-refractivity contribution in [1.29, 1.82) is 0 Å². The van der Waals surface area contributed by atoms with Crippen molar-refractivity contribution >= 4 is 0 Å². The van der Waals surface area contributed by atoms with Gasteiger partial charge >= 0.3 is 0 Å². The molecule has 0 heterocycles. The van der Waals surface area contributed by atoms with Crippen LogP contribution in [0, 0.1) is 0 Å². The molecule has 0 spiro atoms. The normalized spacial score (nSPS) is 21.8. The summed E-state index contributed by atoms with van der Waals surface area (Å²) in [4.78, 5) is 0. The molecule has 6 unspecified atom stereocenters. The monoisotopic (exact) mass is 372 g/mol. The number of aliphatic hydroxyl groups excluding tert-OH is 7. The van der Waals surface area contributed by atoms with E-state index >= 15 is 0 Å². The lowest BCUT2D eigenvalue weighted by Gasteiger charge is -2.34. The molecule has 0 aromatic rings. The van der Waals surface area contributed by atoms with E-state index in [0.717, 1.165) is 0 Å². The van der Waals surface area contributed by atoms with Crippen LogP contribution in [0.3, 0.4) is 0 Å². The van der Waals surface area contributed by atoms with Crippen molar-refractivity contribution in [3.8, 4) is 0 Å². The molecule has 8 atom stereocenters. The van der Waals surface area contributed by atoms with Crippen LogP contribution in [0.1, 0.15) is 20.8 Å². The summed E-state index contributed by atoms with van der Waals surface area (Å²) in [6, 6.07) is 0. The molecule has 10 nitrogen and oxygen atoms in total. The molecule has 0 aliphatic carbocycles. The maximum atomic E-state index is 9.82. The lowest BCUT2D eigenvalue weighted by molar-refractivity contribution is -0.275. The number of ether oxygens (including phenoxy) is 3. The Bertz CT molecular complexity index is 327. The van der Waals surface area contributed by atoms with Gasteiger partial charge in [0.2, 0.25) is 0 Å². The van der Waals surface area contributed by atoms with E-state index in [4.69, 9.17) is 19.3 Å². The Hall–Kier alpha value is -0.400. The van der Waals surface area contributed by atoms with Crippen LogP contribution in [0.4, 0.5) is 0 Å². The van der Waals surface area contributed by atoms with Gasteiger partial charge in [0, 0.05) is 0 Å². The first-order valence-electron chi connectivity index (χ1n) is 8.15. The van der Waals surface area contributed by atoms with E-state index in [1.807, 2.05) is 0 Å². The largest absolute Gasteiger partial charge is 0.394 e. The number of rotatable bonds is 14. The molecule has 0 saturated heterocycles. The smallest absolute Gasteiger partial charge is 0.186 e. The zero-order chi connectivity index (χ0) is 19.6. The summed E-state index contributed by atoms with van der Waals surface area (Å²) < 4.78 is 16.1. The quantitative estimate of drug-likeness (QED) is 0.155. The number of aliphatic hydroxyl groups is 7. The number of hydrogen-bond donors (Lipinski definition) is 7. The van der Waals surface area contributed by atoms with Crippen LogP contribution >= 0.6 is 0 Å². The van der Waals surface area contributed by atoms with Gasteiger partial charge in [-0.3, -0.25) is 0 Å². The predicted molar refractivity (Wildman–Crippen MR) is 85.6 cm³/mol. The molecule has 10 heteroatoms. The van der Waals surface area contributed by atoms with Crippen LogP contribution in [0.2, 0.25) is 0 Å². The summed E-state index contributed by atoms with van der Waals surface area (Å²) in [6.07, 6.45) is -8.83. The molecule has 0 aliphatic rings. The van der Waals surface area contributed by atoms with Gasteiger partial charge in [0.25, 0.3) is 0 Å². The van der Waals surface area contributed by atoms with Gasteiger partial charge in [0.15, 0.2) is 6.29 Å². The first kappa shape index (κ1) is 24.6. The molecular formula is C15H32O10. The van der Waals surface area contributed by atoms with Crippen LogP contribution in [0.15, 0.2) is 0 Å². The van der Waals surface area contributed by atoms with Crippen molar-refractivity contribution < 1.29 is 50.0 Å². The predicted octanol–water partition coefficient (Wildman–Crippen LogP) is -3.05. The third-order valence-corrected chi connectivity index (χ3v) is 3.65. The third kappa shape index (κ3) is 8.69. The van der Waals surface area contributed by atoms with Crippen LogP contribution in [-0.4, -0.2) is 111 Å². The second kappa shape index (κ2) is 12.9. The van der Waals surface area contributed by atoms with Crippen LogP contribution in [0.5, 0.6) is 0 Å². The second-order valence-electron chi connectivity index (χ2n) is 5.88. The Morgan fingerprint density at radius 2 is 1.00 bits per heavy atom. The van der Waals surface area contributed by atoms with E-state index in [1.165, 1.54) is 20.8 Å². The van der Waals surface area contributed by atoms with Crippen molar-refractivity contribution in [2.24, 2.45) is 0 Å².